The molecule has 6 N–H and O–H groups in total. The van der Waals surface area contributed by atoms with Gasteiger partial charge in [-0.1, -0.05) is 12.1 Å². The first-order valence-corrected chi connectivity index (χ1v) is 7.96. The number of aromatic carboxylic acids is 1. The van der Waals surface area contributed by atoms with Crippen molar-refractivity contribution in [2.45, 2.75) is 0 Å². The molecule has 9 nitrogen and oxygen atoms in total. The van der Waals surface area contributed by atoms with Gasteiger partial charge in [0.2, 0.25) is 0 Å². The smallest absolute Gasteiger partial charge is 0.338 e. The number of benzene rings is 2. The van der Waals surface area contributed by atoms with Crippen molar-refractivity contribution in [2.24, 2.45) is 11.5 Å². The SMILES string of the molecule is NC(=O)Nc1cn(-c2ccc(-c3ccc(C(=O)O)c(F)c3)cc2F)nc1C(N)=O. The van der Waals surface area contributed by atoms with Gasteiger partial charge in [0.1, 0.15) is 17.3 Å². The van der Waals surface area contributed by atoms with Crippen LogP contribution in [0.5, 0.6) is 0 Å². The Hall–Kier alpha value is -4.28. The van der Waals surface area contributed by atoms with E-state index in [-0.39, 0.29) is 28.2 Å². The largest absolute Gasteiger partial charge is 0.478 e. The van der Waals surface area contributed by atoms with Gasteiger partial charge in [0.05, 0.1) is 17.4 Å². The minimum Gasteiger partial charge on any atom is -0.478 e. The maximum absolute atomic E-state index is 14.7. The lowest BCUT2D eigenvalue weighted by Crippen LogP contribution is -2.22. The zero-order chi connectivity index (χ0) is 21.3. The number of carbonyl (C=O) groups excluding carboxylic acids is 2. The van der Waals surface area contributed by atoms with Crippen molar-refractivity contribution in [3.05, 3.63) is 65.5 Å². The number of nitrogens with two attached hydrogens (primary N) is 2. The van der Waals surface area contributed by atoms with Crippen LogP contribution in [0.1, 0.15) is 20.8 Å². The van der Waals surface area contributed by atoms with Gasteiger partial charge >= 0.3 is 12.0 Å². The summed E-state index contributed by atoms with van der Waals surface area (Å²) in [6.45, 7) is 0. The van der Waals surface area contributed by atoms with Gasteiger partial charge in [0.15, 0.2) is 5.69 Å². The minimum absolute atomic E-state index is 0.0867. The third-order valence-electron chi connectivity index (χ3n) is 3.93. The highest BCUT2D eigenvalue weighted by atomic mass is 19.1. The number of anilines is 1. The number of rotatable bonds is 5. The molecule has 0 aliphatic rings. The normalized spacial score (nSPS) is 10.6. The average Bonchev–Trinajstić information content (AvgIpc) is 3.04. The lowest BCUT2D eigenvalue weighted by Gasteiger charge is -2.08. The Morgan fingerprint density at radius 1 is 1.00 bits per heavy atom. The molecule has 0 spiro atoms. The number of primary amides is 2. The van der Waals surface area contributed by atoms with Crippen molar-refractivity contribution >= 4 is 23.6 Å². The number of aromatic nitrogens is 2. The van der Waals surface area contributed by atoms with E-state index in [4.69, 9.17) is 16.6 Å². The molecule has 0 aliphatic carbocycles. The fourth-order valence-corrected chi connectivity index (χ4v) is 2.64. The molecule has 0 saturated heterocycles. The van der Waals surface area contributed by atoms with Crippen molar-refractivity contribution in [1.82, 2.24) is 9.78 Å². The molecule has 11 heteroatoms. The zero-order valence-electron chi connectivity index (χ0n) is 14.5. The van der Waals surface area contributed by atoms with Gasteiger partial charge in [-0.15, -0.1) is 0 Å². The quantitative estimate of drug-likeness (QED) is 0.516. The van der Waals surface area contributed by atoms with Crippen LogP contribution in [0.15, 0.2) is 42.6 Å². The first-order chi connectivity index (χ1) is 13.7. The predicted octanol–water partition coefficient (Wildman–Crippen LogP) is 2.11. The lowest BCUT2D eigenvalue weighted by molar-refractivity contribution is 0.0691. The first-order valence-electron chi connectivity index (χ1n) is 7.96. The molecule has 1 aromatic heterocycles. The second kappa shape index (κ2) is 7.38. The van der Waals surface area contributed by atoms with Crippen molar-refractivity contribution in [3.8, 4) is 16.8 Å². The summed E-state index contributed by atoms with van der Waals surface area (Å²) >= 11 is 0. The maximum atomic E-state index is 14.7. The van der Waals surface area contributed by atoms with E-state index in [2.05, 4.69) is 10.4 Å². The van der Waals surface area contributed by atoms with Gasteiger partial charge < -0.3 is 21.9 Å². The Balaban J connectivity index is 2.00. The number of carboxylic acids is 1. The summed E-state index contributed by atoms with van der Waals surface area (Å²) in [6, 6.07) is 6.26. The summed E-state index contributed by atoms with van der Waals surface area (Å²) in [5.74, 6) is -4.12. The number of carboxylic acid groups (broad SMARTS) is 1. The first kappa shape index (κ1) is 19.5. The Kier molecular flexibility index (Phi) is 4.96. The molecule has 0 radical (unpaired) electrons. The number of amides is 3. The number of nitrogens with zero attached hydrogens (tertiary/aromatic N) is 2. The van der Waals surface area contributed by atoms with Crippen LogP contribution in [0.2, 0.25) is 0 Å². The monoisotopic (exact) mass is 401 g/mol. The highest BCUT2D eigenvalue weighted by molar-refractivity contribution is 6.00. The number of hydrogen-bond donors (Lipinski definition) is 4. The zero-order valence-corrected chi connectivity index (χ0v) is 14.5. The van der Waals surface area contributed by atoms with E-state index < -0.39 is 35.1 Å². The van der Waals surface area contributed by atoms with Crippen molar-refractivity contribution in [1.29, 1.82) is 0 Å². The molecule has 29 heavy (non-hydrogen) atoms. The molecule has 0 bridgehead atoms. The summed E-state index contributed by atoms with van der Waals surface area (Å²) in [5, 5.41) is 14.9. The van der Waals surface area contributed by atoms with Gasteiger partial charge in [-0.3, -0.25) is 4.79 Å². The summed E-state index contributed by atoms with van der Waals surface area (Å²) in [6.07, 6.45) is 1.16. The van der Waals surface area contributed by atoms with Crippen LogP contribution < -0.4 is 16.8 Å². The summed E-state index contributed by atoms with van der Waals surface area (Å²) in [7, 11) is 0. The molecule has 148 valence electrons. The van der Waals surface area contributed by atoms with Gasteiger partial charge in [0, 0.05) is 0 Å². The van der Waals surface area contributed by atoms with E-state index >= 15 is 0 Å². The van der Waals surface area contributed by atoms with Crippen LogP contribution in [0.25, 0.3) is 16.8 Å². The lowest BCUT2D eigenvalue weighted by atomic mass is 10.0. The molecule has 0 aliphatic heterocycles. The number of carbonyl (C=O) groups is 3. The predicted molar refractivity (Wildman–Crippen MR) is 97.6 cm³/mol. The molecule has 3 amide bonds. The third kappa shape index (κ3) is 3.88. The summed E-state index contributed by atoms with van der Waals surface area (Å²) in [4.78, 5) is 33.4. The van der Waals surface area contributed by atoms with E-state index in [1.807, 2.05) is 0 Å². The molecular formula is C18H13F2N5O4. The van der Waals surface area contributed by atoms with Gasteiger partial charge in [-0.05, 0) is 35.4 Å². The molecule has 1 heterocycles. The van der Waals surface area contributed by atoms with Crippen LogP contribution in [-0.4, -0.2) is 32.8 Å². The molecule has 3 rings (SSSR count). The van der Waals surface area contributed by atoms with Crippen LogP contribution in [0.4, 0.5) is 19.3 Å². The van der Waals surface area contributed by atoms with Gasteiger partial charge in [-0.2, -0.15) is 5.10 Å². The molecule has 0 atom stereocenters. The number of urea groups is 1. The molecular weight excluding hydrogens is 388 g/mol. The fraction of sp³-hybridized carbons (Fsp3) is 0. The number of hydrogen-bond acceptors (Lipinski definition) is 4. The Morgan fingerprint density at radius 2 is 1.62 bits per heavy atom. The Bertz CT molecular complexity index is 1160. The summed E-state index contributed by atoms with van der Waals surface area (Å²) in [5.41, 5.74) is 9.73. The average molecular weight is 401 g/mol. The van der Waals surface area contributed by atoms with E-state index in [0.717, 1.165) is 29.1 Å². The summed E-state index contributed by atoms with van der Waals surface area (Å²) < 4.78 is 29.5. The van der Waals surface area contributed by atoms with Crippen LogP contribution in [0, 0.1) is 11.6 Å². The highest BCUT2D eigenvalue weighted by Gasteiger charge is 2.18. The van der Waals surface area contributed by atoms with Crippen LogP contribution >= 0.6 is 0 Å². The fourth-order valence-electron chi connectivity index (χ4n) is 2.64. The van der Waals surface area contributed by atoms with Crippen molar-refractivity contribution in [3.63, 3.8) is 0 Å². The molecule has 2 aromatic carbocycles. The highest BCUT2D eigenvalue weighted by Crippen LogP contribution is 2.26. The minimum atomic E-state index is -1.42. The van der Waals surface area contributed by atoms with Crippen LogP contribution in [-0.2, 0) is 0 Å². The number of nitrogens with one attached hydrogen (secondary N) is 1. The Morgan fingerprint density at radius 3 is 2.14 bits per heavy atom. The topological polar surface area (TPSA) is 153 Å². The van der Waals surface area contributed by atoms with Gasteiger partial charge in [0.25, 0.3) is 5.91 Å². The standard InChI is InChI=1S/C18H13F2N5O4/c19-11-5-8(1-3-10(11)17(27)28)9-2-4-14(12(20)6-9)25-7-13(23-18(22)29)15(24-25)16(21)26/h1-7H,(H2,21,26)(H,27,28)(H3,22,23,29). The second-order valence-electron chi connectivity index (χ2n) is 5.86. The Labute approximate surface area is 161 Å². The molecule has 0 fully saturated rings. The molecule has 3 aromatic rings. The maximum Gasteiger partial charge on any atom is 0.338 e. The van der Waals surface area contributed by atoms with Gasteiger partial charge in [-0.25, -0.2) is 23.1 Å². The van der Waals surface area contributed by atoms with E-state index in [1.165, 1.54) is 18.2 Å². The molecule has 0 saturated carbocycles. The second-order valence-corrected chi connectivity index (χ2v) is 5.86. The van der Waals surface area contributed by atoms with Crippen molar-refractivity contribution < 1.29 is 28.3 Å². The molecule has 0 unspecified atom stereocenters. The van der Waals surface area contributed by atoms with Crippen molar-refractivity contribution in [2.75, 3.05) is 5.32 Å². The number of halogens is 2. The van der Waals surface area contributed by atoms with Crippen LogP contribution in [0.3, 0.4) is 0 Å². The third-order valence-corrected chi connectivity index (χ3v) is 3.93. The van der Waals surface area contributed by atoms with E-state index in [0.29, 0.717) is 0 Å². The van der Waals surface area contributed by atoms with E-state index in [1.54, 1.807) is 0 Å². The van der Waals surface area contributed by atoms with E-state index in [9.17, 15) is 23.2 Å².